The smallest absolute Gasteiger partial charge is 0.138 e. The second kappa shape index (κ2) is 2.95. The predicted molar refractivity (Wildman–Crippen MR) is 57.9 cm³/mol. The van der Waals surface area contributed by atoms with E-state index in [-0.39, 0.29) is 0 Å². The van der Waals surface area contributed by atoms with Crippen LogP contribution in [0.3, 0.4) is 0 Å². The SMILES string of the molecule is COc1cnc2[nH]c3cnccc3c2c1. The van der Waals surface area contributed by atoms with Crippen molar-refractivity contribution >= 4 is 21.9 Å². The molecule has 0 radical (unpaired) electrons. The molecule has 4 nitrogen and oxygen atoms in total. The van der Waals surface area contributed by atoms with Gasteiger partial charge in [0.1, 0.15) is 11.4 Å². The lowest BCUT2D eigenvalue weighted by molar-refractivity contribution is 0.414. The zero-order chi connectivity index (χ0) is 10.3. The Morgan fingerprint density at radius 3 is 3.07 bits per heavy atom. The van der Waals surface area contributed by atoms with Gasteiger partial charge in [-0.15, -0.1) is 0 Å². The number of aromatic nitrogens is 3. The molecular weight excluding hydrogens is 190 g/mol. The molecule has 0 bridgehead atoms. The second-order valence-corrected chi connectivity index (χ2v) is 3.32. The number of H-pyrrole nitrogens is 1. The Labute approximate surface area is 85.9 Å². The lowest BCUT2D eigenvalue weighted by Gasteiger charge is -1.97. The molecule has 1 N–H and O–H groups in total. The van der Waals surface area contributed by atoms with E-state index < -0.39 is 0 Å². The van der Waals surface area contributed by atoms with E-state index in [0.29, 0.717) is 0 Å². The summed E-state index contributed by atoms with van der Waals surface area (Å²) in [5.74, 6) is 0.764. The molecular formula is C11H9N3O. The van der Waals surface area contributed by atoms with Crippen molar-refractivity contribution in [3.63, 3.8) is 0 Å². The van der Waals surface area contributed by atoms with Crippen LogP contribution in [0.4, 0.5) is 0 Å². The van der Waals surface area contributed by atoms with Crippen LogP contribution in [-0.4, -0.2) is 22.1 Å². The molecule has 0 spiro atoms. The van der Waals surface area contributed by atoms with Gasteiger partial charge in [0.25, 0.3) is 0 Å². The quantitative estimate of drug-likeness (QED) is 0.653. The number of rotatable bonds is 1. The normalized spacial score (nSPS) is 11.0. The molecule has 0 unspecified atom stereocenters. The van der Waals surface area contributed by atoms with E-state index in [1.807, 2.05) is 12.1 Å². The molecule has 0 aliphatic rings. The summed E-state index contributed by atoms with van der Waals surface area (Å²) >= 11 is 0. The summed E-state index contributed by atoms with van der Waals surface area (Å²) in [4.78, 5) is 11.5. The maximum Gasteiger partial charge on any atom is 0.138 e. The molecule has 3 heterocycles. The van der Waals surface area contributed by atoms with Crippen molar-refractivity contribution in [2.45, 2.75) is 0 Å². The lowest BCUT2D eigenvalue weighted by atomic mass is 10.2. The first-order valence-electron chi connectivity index (χ1n) is 4.64. The molecule has 3 rings (SSSR count). The average molecular weight is 199 g/mol. The van der Waals surface area contributed by atoms with Crippen LogP contribution in [0.2, 0.25) is 0 Å². The van der Waals surface area contributed by atoms with Crippen LogP contribution in [0.5, 0.6) is 5.75 Å². The summed E-state index contributed by atoms with van der Waals surface area (Å²) in [6.07, 6.45) is 5.27. The molecule has 3 aromatic heterocycles. The van der Waals surface area contributed by atoms with E-state index in [4.69, 9.17) is 4.74 Å². The number of nitrogens with zero attached hydrogens (tertiary/aromatic N) is 2. The highest BCUT2D eigenvalue weighted by Crippen LogP contribution is 2.25. The van der Waals surface area contributed by atoms with Crippen LogP contribution < -0.4 is 4.74 Å². The van der Waals surface area contributed by atoms with Crippen LogP contribution in [-0.2, 0) is 0 Å². The summed E-state index contributed by atoms with van der Waals surface area (Å²) in [6.45, 7) is 0. The Morgan fingerprint density at radius 2 is 2.20 bits per heavy atom. The molecule has 4 heteroatoms. The lowest BCUT2D eigenvalue weighted by Crippen LogP contribution is -1.83. The molecule has 0 amide bonds. The Balaban J connectivity index is 2.46. The monoisotopic (exact) mass is 199 g/mol. The van der Waals surface area contributed by atoms with Crippen molar-refractivity contribution in [2.75, 3.05) is 7.11 Å². The zero-order valence-corrected chi connectivity index (χ0v) is 8.19. The number of methoxy groups -OCH3 is 1. The standard InChI is InChI=1S/C11H9N3O/c1-15-7-4-9-8-2-3-12-6-10(8)14-11(9)13-5-7/h2-6H,1H3,(H,13,14). The third-order valence-corrected chi connectivity index (χ3v) is 2.46. The number of ether oxygens (including phenoxy) is 1. The van der Waals surface area contributed by atoms with Gasteiger partial charge in [-0.2, -0.15) is 0 Å². The largest absolute Gasteiger partial charge is 0.495 e. The van der Waals surface area contributed by atoms with Crippen LogP contribution in [0.15, 0.2) is 30.7 Å². The van der Waals surface area contributed by atoms with Gasteiger partial charge in [0, 0.05) is 17.0 Å². The highest BCUT2D eigenvalue weighted by Gasteiger charge is 2.05. The molecule has 0 saturated carbocycles. The van der Waals surface area contributed by atoms with Gasteiger partial charge in [0.15, 0.2) is 0 Å². The zero-order valence-electron chi connectivity index (χ0n) is 8.19. The first-order valence-corrected chi connectivity index (χ1v) is 4.64. The van der Waals surface area contributed by atoms with E-state index in [1.54, 1.807) is 25.7 Å². The van der Waals surface area contributed by atoms with Crippen molar-refractivity contribution in [1.29, 1.82) is 0 Å². The molecule has 0 aliphatic carbocycles. The number of hydrogen-bond acceptors (Lipinski definition) is 3. The summed E-state index contributed by atoms with van der Waals surface area (Å²) in [6, 6.07) is 3.94. The highest BCUT2D eigenvalue weighted by atomic mass is 16.5. The van der Waals surface area contributed by atoms with Crippen molar-refractivity contribution in [3.05, 3.63) is 30.7 Å². The fourth-order valence-corrected chi connectivity index (χ4v) is 1.72. The minimum atomic E-state index is 0.764. The molecule has 15 heavy (non-hydrogen) atoms. The van der Waals surface area contributed by atoms with Crippen molar-refractivity contribution in [1.82, 2.24) is 15.0 Å². The fourth-order valence-electron chi connectivity index (χ4n) is 1.72. The molecule has 74 valence electrons. The van der Waals surface area contributed by atoms with Gasteiger partial charge in [0.05, 0.1) is 25.0 Å². The number of aromatic amines is 1. The van der Waals surface area contributed by atoms with Gasteiger partial charge in [0.2, 0.25) is 0 Å². The second-order valence-electron chi connectivity index (χ2n) is 3.32. The Kier molecular flexibility index (Phi) is 1.62. The molecule has 3 aromatic rings. The van der Waals surface area contributed by atoms with Crippen LogP contribution in [0.1, 0.15) is 0 Å². The maximum atomic E-state index is 5.15. The summed E-state index contributed by atoms with van der Waals surface area (Å²) < 4.78 is 5.15. The van der Waals surface area contributed by atoms with Crippen LogP contribution in [0, 0.1) is 0 Å². The van der Waals surface area contributed by atoms with Crippen molar-refractivity contribution < 1.29 is 4.74 Å². The van der Waals surface area contributed by atoms with Gasteiger partial charge in [-0.05, 0) is 12.1 Å². The predicted octanol–water partition coefficient (Wildman–Crippen LogP) is 2.12. The topological polar surface area (TPSA) is 50.8 Å². The molecule has 0 aliphatic heterocycles. The minimum Gasteiger partial charge on any atom is -0.495 e. The van der Waals surface area contributed by atoms with E-state index in [1.165, 1.54) is 0 Å². The van der Waals surface area contributed by atoms with Crippen molar-refractivity contribution in [2.24, 2.45) is 0 Å². The van der Waals surface area contributed by atoms with E-state index >= 15 is 0 Å². The first-order chi connectivity index (χ1) is 7.38. The molecule has 0 fully saturated rings. The van der Waals surface area contributed by atoms with E-state index in [9.17, 15) is 0 Å². The van der Waals surface area contributed by atoms with Gasteiger partial charge in [-0.25, -0.2) is 4.98 Å². The number of nitrogens with one attached hydrogen (secondary N) is 1. The van der Waals surface area contributed by atoms with Gasteiger partial charge in [-0.1, -0.05) is 0 Å². The van der Waals surface area contributed by atoms with E-state index in [0.717, 1.165) is 27.7 Å². The van der Waals surface area contributed by atoms with Crippen LogP contribution in [0.25, 0.3) is 21.9 Å². The third kappa shape index (κ3) is 1.15. The highest BCUT2D eigenvalue weighted by molar-refractivity contribution is 6.05. The number of fused-ring (bicyclic) bond motifs is 3. The van der Waals surface area contributed by atoms with Gasteiger partial charge in [-0.3, -0.25) is 4.98 Å². The minimum absolute atomic E-state index is 0.764. The Bertz CT molecular complexity index is 630. The molecule has 0 saturated heterocycles. The Morgan fingerprint density at radius 1 is 1.27 bits per heavy atom. The summed E-state index contributed by atoms with van der Waals surface area (Å²) in [5.41, 5.74) is 1.85. The number of hydrogen-bond donors (Lipinski definition) is 1. The number of pyridine rings is 2. The Hall–Kier alpha value is -2.10. The van der Waals surface area contributed by atoms with Gasteiger partial charge < -0.3 is 9.72 Å². The van der Waals surface area contributed by atoms with Gasteiger partial charge >= 0.3 is 0 Å². The van der Waals surface area contributed by atoms with Crippen molar-refractivity contribution in [3.8, 4) is 5.75 Å². The summed E-state index contributed by atoms with van der Waals surface area (Å²) in [5, 5.41) is 2.18. The summed E-state index contributed by atoms with van der Waals surface area (Å²) in [7, 11) is 1.64. The first kappa shape index (κ1) is 8.23. The molecule has 0 aromatic carbocycles. The fraction of sp³-hybridized carbons (Fsp3) is 0.0909. The van der Waals surface area contributed by atoms with Crippen LogP contribution >= 0.6 is 0 Å². The molecule has 0 atom stereocenters. The maximum absolute atomic E-state index is 5.15. The third-order valence-electron chi connectivity index (χ3n) is 2.46. The van der Waals surface area contributed by atoms with E-state index in [2.05, 4.69) is 15.0 Å². The average Bonchev–Trinajstić information content (AvgIpc) is 2.66.